The van der Waals surface area contributed by atoms with Crippen molar-refractivity contribution in [2.45, 2.75) is 44.3 Å². The molecule has 35 heavy (non-hydrogen) atoms. The maximum atomic E-state index is 13.5. The molecule has 2 aromatic heterocycles. The number of anilines is 1. The summed E-state index contributed by atoms with van der Waals surface area (Å²) in [5.74, 6) is 1.73. The number of thiophene rings is 1. The Morgan fingerprint density at radius 1 is 1.09 bits per heavy atom. The number of nitrogens with zero attached hydrogens (tertiary/aromatic N) is 2. The molecule has 3 aromatic rings. The minimum atomic E-state index is 0. The fourth-order valence-corrected chi connectivity index (χ4v) is 5.24. The molecule has 0 atom stereocenters. The van der Waals surface area contributed by atoms with Gasteiger partial charge < -0.3 is 20.3 Å². The quantitative estimate of drug-likeness (QED) is 0.376. The molecule has 9 heteroatoms. The molecule has 0 spiro atoms. The second-order valence-corrected chi connectivity index (χ2v) is 9.36. The number of benzene rings is 1. The zero-order valence-corrected chi connectivity index (χ0v) is 22.8. The molecule has 1 amide bonds. The summed E-state index contributed by atoms with van der Waals surface area (Å²) in [6.07, 6.45) is 6.02. The van der Waals surface area contributed by atoms with E-state index in [-0.39, 0.29) is 36.8 Å². The Labute approximate surface area is 224 Å². The number of methoxy groups -OCH3 is 1. The third-order valence-electron chi connectivity index (χ3n) is 6.51. The van der Waals surface area contributed by atoms with Crippen molar-refractivity contribution in [3.05, 3.63) is 64.5 Å². The highest BCUT2D eigenvalue weighted by atomic mass is 35.5. The van der Waals surface area contributed by atoms with Crippen molar-refractivity contribution >= 4 is 47.9 Å². The van der Waals surface area contributed by atoms with Crippen LogP contribution in [0.15, 0.2) is 54.0 Å². The lowest BCUT2D eigenvalue weighted by Crippen LogP contribution is -2.44. The number of halogens is 2. The van der Waals surface area contributed by atoms with Crippen molar-refractivity contribution in [3.63, 3.8) is 0 Å². The van der Waals surface area contributed by atoms with E-state index in [1.165, 1.54) is 11.3 Å². The van der Waals surface area contributed by atoms with Gasteiger partial charge in [-0.1, -0.05) is 12.1 Å². The molecule has 0 bridgehead atoms. The second kappa shape index (κ2) is 13.7. The van der Waals surface area contributed by atoms with E-state index in [2.05, 4.69) is 32.7 Å². The van der Waals surface area contributed by atoms with Crippen LogP contribution in [0.2, 0.25) is 0 Å². The summed E-state index contributed by atoms with van der Waals surface area (Å²) in [5.41, 5.74) is 3.10. The van der Waals surface area contributed by atoms with Gasteiger partial charge in [-0.25, -0.2) is 4.98 Å². The van der Waals surface area contributed by atoms with E-state index in [1.807, 2.05) is 56.0 Å². The number of amides is 1. The first-order valence-electron chi connectivity index (χ1n) is 11.5. The first-order chi connectivity index (χ1) is 16.1. The molecule has 190 valence electrons. The van der Waals surface area contributed by atoms with Gasteiger partial charge in [0.05, 0.1) is 12.0 Å². The van der Waals surface area contributed by atoms with Gasteiger partial charge in [0.25, 0.3) is 5.91 Å². The predicted octanol–water partition coefficient (Wildman–Crippen LogP) is 5.88. The summed E-state index contributed by atoms with van der Waals surface area (Å²) in [6, 6.07) is 14.8. The van der Waals surface area contributed by atoms with Crippen LogP contribution in [-0.2, 0) is 6.54 Å². The van der Waals surface area contributed by atoms with Gasteiger partial charge in [-0.2, -0.15) is 0 Å². The Morgan fingerprint density at radius 2 is 1.83 bits per heavy atom. The highest BCUT2D eigenvalue weighted by Gasteiger charge is 2.30. The van der Waals surface area contributed by atoms with Crippen LogP contribution in [0.1, 0.15) is 40.9 Å². The van der Waals surface area contributed by atoms with Gasteiger partial charge in [-0.15, -0.1) is 36.2 Å². The van der Waals surface area contributed by atoms with E-state index in [1.54, 1.807) is 7.11 Å². The molecule has 0 radical (unpaired) electrons. The number of carbonyl (C=O) groups is 1. The summed E-state index contributed by atoms with van der Waals surface area (Å²) in [6.45, 7) is 0.519. The molecule has 0 aliphatic heterocycles. The standard InChI is InChI=1S/C26H32N4O2S.2ClH/c1-27-21-8-10-22(11-9-21)30(26(31)24-5-4-14-33-24)17-20-15-18(6-12-23(20)32-3)19-7-13-25(28-2)29-16-19;;/h4-7,12-16,21-22,27H,8-11,17H2,1-3H3,(H,28,29);2*1H. The summed E-state index contributed by atoms with van der Waals surface area (Å²) in [4.78, 5) is 20.8. The average molecular weight is 538 g/mol. The maximum Gasteiger partial charge on any atom is 0.264 e. The van der Waals surface area contributed by atoms with E-state index in [0.717, 1.165) is 58.8 Å². The number of hydrogen-bond donors (Lipinski definition) is 2. The first kappa shape index (κ1) is 28.9. The number of aromatic nitrogens is 1. The Morgan fingerprint density at radius 3 is 2.40 bits per heavy atom. The van der Waals surface area contributed by atoms with E-state index in [0.29, 0.717) is 12.6 Å². The molecule has 1 saturated carbocycles. The molecule has 4 rings (SSSR count). The molecule has 6 nitrogen and oxygen atoms in total. The van der Waals surface area contributed by atoms with Crippen LogP contribution in [0, 0.1) is 0 Å². The van der Waals surface area contributed by atoms with Gasteiger partial charge in [0.15, 0.2) is 0 Å². The number of rotatable bonds is 8. The Bertz CT molecular complexity index is 1060. The molecule has 1 aromatic carbocycles. The molecule has 2 heterocycles. The average Bonchev–Trinajstić information content (AvgIpc) is 3.42. The maximum absolute atomic E-state index is 13.5. The van der Waals surface area contributed by atoms with Gasteiger partial charge in [-0.05, 0) is 74.0 Å². The minimum absolute atomic E-state index is 0. The van der Waals surface area contributed by atoms with Crippen LogP contribution in [-0.4, -0.2) is 49.1 Å². The van der Waals surface area contributed by atoms with Crippen molar-refractivity contribution < 1.29 is 9.53 Å². The molecule has 1 fully saturated rings. The molecular weight excluding hydrogens is 503 g/mol. The van der Waals surface area contributed by atoms with Crippen LogP contribution in [0.3, 0.4) is 0 Å². The lowest BCUT2D eigenvalue weighted by atomic mass is 9.89. The van der Waals surface area contributed by atoms with Crippen LogP contribution < -0.4 is 15.4 Å². The molecule has 0 saturated heterocycles. The summed E-state index contributed by atoms with van der Waals surface area (Å²) in [7, 11) is 5.57. The molecule has 0 unspecified atom stereocenters. The number of pyridine rings is 1. The summed E-state index contributed by atoms with van der Waals surface area (Å²) in [5, 5.41) is 8.41. The van der Waals surface area contributed by atoms with Gasteiger partial charge in [0.2, 0.25) is 0 Å². The third kappa shape index (κ3) is 6.88. The number of carbonyl (C=O) groups excluding carboxylic acids is 1. The highest BCUT2D eigenvalue weighted by Crippen LogP contribution is 2.32. The lowest BCUT2D eigenvalue weighted by molar-refractivity contribution is 0.0604. The van der Waals surface area contributed by atoms with Gasteiger partial charge >= 0.3 is 0 Å². The zero-order valence-electron chi connectivity index (χ0n) is 20.3. The van der Waals surface area contributed by atoms with Crippen LogP contribution >= 0.6 is 36.2 Å². The Hall–Kier alpha value is -2.32. The fraction of sp³-hybridized carbons (Fsp3) is 0.385. The third-order valence-corrected chi connectivity index (χ3v) is 7.37. The number of nitrogens with one attached hydrogen (secondary N) is 2. The van der Waals surface area contributed by atoms with Gasteiger partial charge in [0.1, 0.15) is 11.6 Å². The summed E-state index contributed by atoms with van der Waals surface area (Å²) < 4.78 is 5.69. The Balaban J connectivity index is 0.00000216. The van der Waals surface area contributed by atoms with Crippen molar-refractivity contribution in [2.24, 2.45) is 0 Å². The molecule has 1 aliphatic carbocycles. The van der Waals surface area contributed by atoms with Crippen LogP contribution in [0.4, 0.5) is 5.82 Å². The van der Waals surface area contributed by atoms with Crippen molar-refractivity contribution in [2.75, 3.05) is 26.5 Å². The lowest BCUT2D eigenvalue weighted by Gasteiger charge is -2.37. The van der Waals surface area contributed by atoms with E-state index >= 15 is 0 Å². The smallest absolute Gasteiger partial charge is 0.264 e. The van der Waals surface area contributed by atoms with Gasteiger partial charge in [0, 0.05) is 43.0 Å². The monoisotopic (exact) mass is 536 g/mol. The SMILES string of the molecule is CNc1ccc(-c2ccc(OC)c(CN(C(=O)c3cccs3)C3CCC(NC)CC3)c2)cn1.Cl.Cl. The number of hydrogen-bond acceptors (Lipinski definition) is 6. The first-order valence-corrected chi connectivity index (χ1v) is 12.3. The largest absolute Gasteiger partial charge is 0.496 e. The van der Waals surface area contributed by atoms with E-state index in [4.69, 9.17) is 4.74 Å². The normalized spacial score (nSPS) is 17.0. The summed E-state index contributed by atoms with van der Waals surface area (Å²) >= 11 is 1.50. The Kier molecular flexibility index (Phi) is 11.3. The van der Waals surface area contributed by atoms with Gasteiger partial charge in [-0.3, -0.25) is 4.79 Å². The zero-order chi connectivity index (χ0) is 23.2. The minimum Gasteiger partial charge on any atom is -0.496 e. The fourth-order valence-electron chi connectivity index (χ4n) is 4.56. The highest BCUT2D eigenvalue weighted by molar-refractivity contribution is 7.12. The van der Waals surface area contributed by atoms with Crippen molar-refractivity contribution in [1.82, 2.24) is 15.2 Å². The van der Waals surface area contributed by atoms with Crippen molar-refractivity contribution in [1.29, 1.82) is 0 Å². The van der Waals surface area contributed by atoms with Crippen LogP contribution in [0.25, 0.3) is 11.1 Å². The topological polar surface area (TPSA) is 66.5 Å². The number of ether oxygens (including phenoxy) is 1. The van der Waals surface area contributed by atoms with E-state index < -0.39 is 0 Å². The van der Waals surface area contributed by atoms with Crippen molar-refractivity contribution in [3.8, 4) is 16.9 Å². The van der Waals surface area contributed by atoms with Crippen LogP contribution in [0.5, 0.6) is 5.75 Å². The molecule has 1 aliphatic rings. The van der Waals surface area contributed by atoms with E-state index in [9.17, 15) is 4.79 Å². The predicted molar refractivity (Wildman–Crippen MR) is 150 cm³/mol. The molecular formula is C26H34Cl2N4O2S. The second-order valence-electron chi connectivity index (χ2n) is 8.41. The molecule has 2 N–H and O–H groups in total.